The number of aliphatic hydroxyl groups is 1. The first kappa shape index (κ1) is 13.5. The van der Waals surface area contributed by atoms with Crippen LogP contribution in [0.25, 0.3) is 0 Å². The number of rotatable bonds is 5. The van der Waals surface area contributed by atoms with Gasteiger partial charge in [0.2, 0.25) is 5.91 Å². The Morgan fingerprint density at radius 3 is 2.71 bits per heavy atom. The Bertz CT molecular complexity index is 377. The third kappa shape index (κ3) is 3.75. The molecule has 17 heavy (non-hydrogen) atoms. The Labute approximate surface area is 102 Å². The van der Waals surface area contributed by atoms with Gasteiger partial charge in [0, 0.05) is 38.3 Å². The summed E-state index contributed by atoms with van der Waals surface area (Å²) in [5, 5.41) is 12.3. The highest BCUT2D eigenvalue weighted by Crippen LogP contribution is 2.25. The molecule has 0 fully saturated rings. The van der Waals surface area contributed by atoms with Crippen molar-refractivity contribution < 1.29 is 9.90 Å². The summed E-state index contributed by atoms with van der Waals surface area (Å²) in [6.07, 6.45) is -0.0603. The van der Waals surface area contributed by atoms with Crippen molar-refractivity contribution in [3.05, 3.63) is 29.8 Å². The maximum atomic E-state index is 11.2. The van der Waals surface area contributed by atoms with Gasteiger partial charge in [0.05, 0.1) is 6.10 Å². The van der Waals surface area contributed by atoms with E-state index in [0.29, 0.717) is 13.0 Å². The van der Waals surface area contributed by atoms with Crippen LogP contribution in [0.15, 0.2) is 24.3 Å². The number of nitrogens with one attached hydrogen (secondary N) is 1. The molecule has 0 saturated heterocycles. The number of carbonyl (C=O) groups is 1. The lowest BCUT2D eigenvalue weighted by atomic mass is 10.1. The van der Waals surface area contributed by atoms with E-state index in [2.05, 4.69) is 5.32 Å². The van der Waals surface area contributed by atoms with Gasteiger partial charge in [-0.2, -0.15) is 0 Å². The summed E-state index contributed by atoms with van der Waals surface area (Å²) in [5.41, 5.74) is 1.85. The molecule has 1 rings (SSSR count). The first-order valence-electron chi connectivity index (χ1n) is 5.75. The van der Waals surface area contributed by atoms with Crippen LogP contribution in [0.5, 0.6) is 0 Å². The number of carbonyl (C=O) groups excluding carboxylic acids is 1. The van der Waals surface area contributed by atoms with E-state index in [4.69, 9.17) is 0 Å². The Balaban J connectivity index is 2.74. The van der Waals surface area contributed by atoms with E-state index in [1.165, 1.54) is 0 Å². The molecule has 0 bridgehead atoms. The molecule has 4 heteroatoms. The zero-order valence-electron chi connectivity index (χ0n) is 10.6. The molecule has 1 aromatic carbocycles. The SMILES string of the molecule is CNC(=O)CCN(C)c1ccccc1[C@@H](C)O. The van der Waals surface area contributed by atoms with Gasteiger partial charge in [0.1, 0.15) is 0 Å². The fraction of sp³-hybridized carbons (Fsp3) is 0.462. The third-order valence-electron chi connectivity index (χ3n) is 2.75. The molecule has 0 aromatic heterocycles. The van der Waals surface area contributed by atoms with Crippen LogP contribution >= 0.6 is 0 Å². The molecule has 0 unspecified atom stereocenters. The van der Waals surface area contributed by atoms with Crippen molar-refractivity contribution in [2.75, 3.05) is 25.5 Å². The van der Waals surface area contributed by atoms with E-state index in [1.54, 1.807) is 14.0 Å². The van der Waals surface area contributed by atoms with Crippen LogP contribution in [-0.2, 0) is 4.79 Å². The Morgan fingerprint density at radius 2 is 2.12 bits per heavy atom. The molecule has 1 amide bonds. The quantitative estimate of drug-likeness (QED) is 0.810. The van der Waals surface area contributed by atoms with Crippen LogP contribution in [0.1, 0.15) is 25.0 Å². The average molecular weight is 236 g/mol. The van der Waals surface area contributed by atoms with Crippen LogP contribution < -0.4 is 10.2 Å². The topological polar surface area (TPSA) is 52.6 Å². The summed E-state index contributed by atoms with van der Waals surface area (Å²) in [5.74, 6) is 0.0198. The van der Waals surface area contributed by atoms with Crippen LogP contribution in [0.3, 0.4) is 0 Å². The molecule has 0 heterocycles. The maximum Gasteiger partial charge on any atom is 0.221 e. The first-order chi connectivity index (χ1) is 8.06. The lowest BCUT2D eigenvalue weighted by Crippen LogP contribution is -2.27. The Kier molecular flexibility index (Phi) is 4.97. The fourth-order valence-corrected chi connectivity index (χ4v) is 1.70. The van der Waals surface area contributed by atoms with Gasteiger partial charge < -0.3 is 15.3 Å². The van der Waals surface area contributed by atoms with Crippen LogP contribution in [-0.4, -0.2) is 31.7 Å². The van der Waals surface area contributed by atoms with Crippen molar-refractivity contribution in [2.45, 2.75) is 19.4 Å². The number of aliphatic hydroxyl groups excluding tert-OH is 1. The molecule has 4 nitrogen and oxygen atoms in total. The highest BCUT2D eigenvalue weighted by molar-refractivity contribution is 5.76. The number of amides is 1. The number of para-hydroxylation sites is 1. The van der Waals surface area contributed by atoms with Crippen LogP contribution in [0, 0.1) is 0 Å². The van der Waals surface area contributed by atoms with Gasteiger partial charge in [-0.3, -0.25) is 4.79 Å². The lowest BCUT2D eigenvalue weighted by Gasteiger charge is -2.23. The molecule has 0 aliphatic carbocycles. The van der Waals surface area contributed by atoms with E-state index in [0.717, 1.165) is 11.3 Å². The largest absolute Gasteiger partial charge is 0.389 e. The summed E-state index contributed by atoms with van der Waals surface area (Å²) < 4.78 is 0. The number of anilines is 1. The van der Waals surface area contributed by atoms with Gasteiger partial charge in [-0.15, -0.1) is 0 Å². The van der Waals surface area contributed by atoms with Gasteiger partial charge in [-0.1, -0.05) is 18.2 Å². The summed E-state index contributed by atoms with van der Waals surface area (Å²) >= 11 is 0. The maximum absolute atomic E-state index is 11.2. The Morgan fingerprint density at radius 1 is 1.47 bits per heavy atom. The van der Waals surface area contributed by atoms with Crippen molar-refractivity contribution in [3.8, 4) is 0 Å². The minimum absolute atomic E-state index is 0.0198. The molecular weight excluding hydrogens is 216 g/mol. The smallest absolute Gasteiger partial charge is 0.221 e. The number of benzene rings is 1. The molecular formula is C13H20N2O2. The number of nitrogens with zero attached hydrogens (tertiary/aromatic N) is 1. The second-order valence-corrected chi connectivity index (χ2v) is 4.08. The monoisotopic (exact) mass is 236 g/mol. The van der Waals surface area contributed by atoms with Crippen molar-refractivity contribution in [3.63, 3.8) is 0 Å². The zero-order valence-corrected chi connectivity index (χ0v) is 10.6. The normalized spacial score (nSPS) is 12.0. The predicted octanol–water partition coefficient (Wildman–Crippen LogP) is 1.31. The average Bonchev–Trinajstić information content (AvgIpc) is 2.35. The van der Waals surface area contributed by atoms with Gasteiger partial charge >= 0.3 is 0 Å². The number of hydrogen-bond donors (Lipinski definition) is 2. The van der Waals surface area contributed by atoms with E-state index in [9.17, 15) is 9.90 Å². The molecule has 0 saturated carbocycles. The minimum atomic E-state index is -0.506. The minimum Gasteiger partial charge on any atom is -0.389 e. The zero-order chi connectivity index (χ0) is 12.8. The summed E-state index contributed by atoms with van der Waals surface area (Å²) in [4.78, 5) is 13.2. The Hall–Kier alpha value is -1.55. The second kappa shape index (κ2) is 6.25. The fourth-order valence-electron chi connectivity index (χ4n) is 1.70. The highest BCUT2D eigenvalue weighted by atomic mass is 16.3. The van der Waals surface area contributed by atoms with Crippen LogP contribution in [0.2, 0.25) is 0 Å². The van der Waals surface area contributed by atoms with Gasteiger partial charge in [0.15, 0.2) is 0 Å². The van der Waals surface area contributed by atoms with Crippen molar-refractivity contribution in [1.82, 2.24) is 5.32 Å². The molecule has 2 N–H and O–H groups in total. The van der Waals surface area contributed by atoms with E-state index in [-0.39, 0.29) is 5.91 Å². The predicted molar refractivity (Wildman–Crippen MR) is 69.0 cm³/mol. The highest BCUT2D eigenvalue weighted by Gasteiger charge is 2.11. The summed E-state index contributed by atoms with van der Waals surface area (Å²) in [6, 6.07) is 7.68. The summed E-state index contributed by atoms with van der Waals surface area (Å²) in [6.45, 7) is 2.37. The van der Waals surface area contributed by atoms with E-state index < -0.39 is 6.10 Å². The molecule has 0 aliphatic rings. The second-order valence-electron chi connectivity index (χ2n) is 4.08. The van der Waals surface area contributed by atoms with Gasteiger partial charge in [-0.25, -0.2) is 0 Å². The number of hydrogen-bond acceptors (Lipinski definition) is 3. The van der Waals surface area contributed by atoms with Gasteiger partial charge in [0.25, 0.3) is 0 Å². The van der Waals surface area contributed by atoms with E-state index in [1.807, 2.05) is 36.2 Å². The van der Waals surface area contributed by atoms with E-state index >= 15 is 0 Å². The first-order valence-corrected chi connectivity index (χ1v) is 5.75. The molecule has 0 aliphatic heterocycles. The summed E-state index contributed by atoms with van der Waals surface area (Å²) in [7, 11) is 3.55. The van der Waals surface area contributed by atoms with Crippen molar-refractivity contribution in [1.29, 1.82) is 0 Å². The van der Waals surface area contributed by atoms with Crippen molar-refractivity contribution >= 4 is 11.6 Å². The lowest BCUT2D eigenvalue weighted by molar-refractivity contribution is -0.120. The molecule has 1 aromatic rings. The van der Waals surface area contributed by atoms with Crippen molar-refractivity contribution in [2.24, 2.45) is 0 Å². The molecule has 0 radical (unpaired) electrons. The molecule has 1 atom stereocenters. The molecule has 0 spiro atoms. The van der Waals surface area contributed by atoms with Crippen LogP contribution in [0.4, 0.5) is 5.69 Å². The molecule has 94 valence electrons. The third-order valence-corrected chi connectivity index (χ3v) is 2.75. The standard InChI is InChI=1S/C13H20N2O2/c1-10(16)11-6-4-5-7-12(11)15(3)9-8-13(17)14-2/h4-7,10,16H,8-9H2,1-3H3,(H,14,17)/t10-/m1/s1. The van der Waals surface area contributed by atoms with Gasteiger partial charge in [-0.05, 0) is 13.0 Å².